The van der Waals surface area contributed by atoms with E-state index < -0.39 is 17.5 Å². The van der Waals surface area contributed by atoms with E-state index in [0.29, 0.717) is 5.69 Å². The second kappa shape index (κ2) is 3.75. The molecule has 1 heterocycles. The molecule has 0 spiro atoms. The molecule has 14 heavy (non-hydrogen) atoms. The number of rotatable bonds is 3. The van der Waals surface area contributed by atoms with Crippen molar-refractivity contribution >= 4 is 5.97 Å². The highest BCUT2D eigenvalue weighted by Gasteiger charge is 2.36. The molecule has 0 aliphatic carbocycles. The first-order valence-corrected chi connectivity index (χ1v) is 4.28. The quantitative estimate of drug-likeness (QED) is 0.748. The summed E-state index contributed by atoms with van der Waals surface area (Å²) in [6.07, 6.45) is 0.128. The number of carbonyl (C=O) groups is 1. The highest BCUT2D eigenvalue weighted by Crippen LogP contribution is 2.25. The van der Waals surface area contributed by atoms with E-state index in [1.165, 1.54) is 0 Å². The Hall–Kier alpha value is -1.42. The van der Waals surface area contributed by atoms with Gasteiger partial charge in [0.2, 0.25) is 0 Å². The van der Waals surface area contributed by atoms with Gasteiger partial charge in [0.15, 0.2) is 6.10 Å². The number of aliphatic carboxylic acids is 1. The predicted molar refractivity (Wildman–Crippen MR) is 50.9 cm³/mol. The minimum absolute atomic E-state index is 0.565. The standard InChI is InChI=1S/C10H13NO3/c1-10(2,8(12)9(13)14)7-5-3-4-6-11-7/h3-6,8,12H,1-2H3,(H,13,14). The first-order valence-electron chi connectivity index (χ1n) is 4.28. The number of aliphatic hydroxyl groups is 1. The van der Waals surface area contributed by atoms with Crippen molar-refractivity contribution in [1.82, 2.24) is 4.98 Å². The van der Waals surface area contributed by atoms with Crippen molar-refractivity contribution in [3.63, 3.8) is 0 Å². The van der Waals surface area contributed by atoms with Crippen LogP contribution in [-0.2, 0) is 10.2 Å². The van der Waals surface area contributed by atoms with Crippen LogP contribution in [0.3, 0.4) is 0 Å². The molecule has 4 heteroatoms. The van der Waals surface area contributed by atoms with E-state index in [1.54, 1.807) is 38.2 Å². The minimum atomic E-state index is -1.45. The maximum Gasteiger partial charge on any atom is 0.333 e. The van der Waals surface area contributed by atoms with Crippen LogP contribution in [0.15, 0.2) is 24.4 Å². The molecule has 0 aliphatic rings. The molecule has 0 aliphatic heterocycles. The molecule has 0 saturated carbocycles. The van der Waals surface area contributed by atoms with E-state index >= 15 is 0 Å². The molecule has 0 amide bonds. The van der Waals surface area contributed by atoms with Gasteiger partial charge in [0.25, 0.3) is 0 Å². The molecule has 0 saturated heterocycles. The number of pyridine rings is 1. The Labute approximate surface area is 82.2 Å². The summed E-state index contributed by atoms with van der Waals surface area (Å²) in [4.78, 5) is 14.7. The number of carboxylic acid groups (broad SMARTS) is 1. The molecule has 0 fully saturated rings. The molecule has 0 radical (unpaired) electrons. The molecule has 1 rings (SSSR count). The second-order valence-electron chi connectivity index (χ2n) is 3.68. The maximum atomic E-state index is 10.6. The van der Waals surface area contributed by atoms with E-state index in [-0.39, 0.29) is 0 Å². The fourth-order valence-electron chi connectivity index (χ4n) is 1.19. The number of carboxylic acids is 1. The predicted octanol–water partition coefficient (Wildman–Crippen LogP) is 0.805. The van der Waals surface area contributed by atoms with Gasteiger partial charge in [0, 0.05) is 17.3 Å². The monoisotopic (exact) mass is 195 g/mol. The lowest BCUT2D eigenvalue weighted by atomic mass is 9.83. The fourth-order valence-corrected chi connectivity index (χ4v) is 1.19. The molecule has 2 N–H and O–H groups in total. The topological polar surface area (TPSA) is 70.4 Å². The van der Waals surface area contributed by atoms with Crippen LogP contribution in [0, 0.1) is 0 Å². The Morgan fingerprint density at radius 3 is 2.57 bits per heavy atom. The second-order valence-corrected chi connectivity index (χ2v) is 3.68. The van der Waals surface area contributed by atoms with Gasteiger partial charge in [-0.05, 0) is 12.1 Å². The first kappa shape index (κ1) is 10.7. The highest BCUT2D eigenvalue weighted by molar-refractivity contribution is 5.74. The molecule has 76 valence electrons. The summed E-state index contributed by atoms with van der Waals surface area (Å²) in [6.45, 7) is 3.29. The summed E-state index contributed by atoms with van der Waals surface area (Å²) in [5.74, 6) is -1.24. The smallest absolute Gasteiger partial charge is 0.333 e. The van der Waals surface area contributed by atoms with Gasteiger partial charge in [-0.1, -0.05) is 19.9 Å². The zero-order valence-electron chi connectivity index (χ0n) is 8.14. The first-order chi connectivity index (χ1) is 6.46. The SMILES string of the molecule is CC(C)(c1ccccn1)C(O)C(=O)O. The minimum Gasteiger partial charge on any atom is -0.479 e. The highest BCUT2D eigenvalue weighted by atomic mass is 16.4. The van der Waals surface area contributed by atoms with E-state index in [9.17, 15) is 9.90 Å². The van der Waals surface area contributed by atoms with Crippen molar-refractivity contribution in [2.75, 3.05) is 0 Å². The summed E-state index contributed by atoms with van der Waals surface area (Å²) in [7, 11) is 0. The van der Waals surface area contributed by atoms with Crippen LogP contribution in [-0.4, -0.2) is 27.3 Å². The normalized spacial score (nSPS) is 13.6. The van der Waals surface area contributed by atoms with Gasteiger partial charge >= 0.3 is 5.97 Å². The largest absolute Gasteiger partial charge is 0.479 e. The summed E-state index contributed by atoms with van der Waals surface area (Å²) < 4.78 is 0. The van der Waals surface area contributed by atoms with Gasteiger partial charge in [-0.3, -0.25) is 4.98 Å². The molecule has 1 aromatic rings. The molecule has 0 bridgehead atoms. The van der Waals surface area contributed by atoms with Gasteiger partial charge in [-0.15, -0.1) is 0 Å². The molecule has 1 atom stereocenters. The van der Waals surface area contributed by atoms with Gasteiger partial charge in [-0.25, -0.2) is 4.79 Å². The summed E-state index contributed by atoms with van der Waals surface area (Å²) >= 11 is 0. The molecule has 1 aromatic heterocycles. The number of aliphatic hydroxyl groups excluding tert-OH is 1. The average molecular weight is 195 g/mol. The van der Waals surface area contributed by atoms with Crippen LogP contribution < -0.4 is 0 Å². The summed E-state index contributed by atoms with van der Waals surface area (Å²) in [5, 5.41) is 18.2. The Balaban J connectivity index is 3.02. The van der Waals surface area contributed by atoms with Gasteiger partial charge in [0.05, 0.1) is 0 Å². The zero-order valence-corrected chi connectivity index (χ0v) is 8.14. The lowest BCUT2D eigenvalue weighted by Crippen LogP contribution is -2.40. The average Bonchev–Trinajstić information content (AvgIpc) is 2.18. The van der Waals surface area contributed by atoms with Crippen molar-refractivity contribution < 1.29 is 15.0 Å². The van der Waals surface area contributed by atoms with Crippen molar-refractivity contribution in [2.45, 2.75) is 25.4 Å². The van der Waals surface area contributed by atoms with Crippen LogP contribution in [0.2, 0.25) is 0 Å². The number of hydrogen-bond donors (Lipinski definition) is 2. The maximum absolute atomic E-state index is 10.6. The Morgan fingerprint density at radius 1 is 1.50 bits per heavy atom. The Kier molecular flexibility index (Phi) is 2.86. The lowest BCUT2D eigenvalue weighted by molar-refractivity contribution is -0.150. The van der Waals surface area contributed by atoms with E-state index in [0.717, 1.165) is 0 Å². The van der Waals surface area contributed by atoms with Gasteiger partial charge in [0.1, 0.15) is 0 Å². The van der Waals surface area contributed by atoms with Crippen LogP contribution in [0.5, 0.6) is 0 Å². The van der Waals surface area contributed by atoms with Crippen LogP contribution >= 0.6 is 0 Å². The molecular formula is C10H13NO3. The number of nitrogens with zero attached hydrogens (tertiary/aromatic N) is 1. The Morgan fingerprint density at radius 2 is 2.14 bits per heavy atom. The van der Waals surface area contributed by atoms with Crippen LogP contribution in [0.4, 0.5) is 0 Å². The molecule has 0 aromatic carbocycles. The van der Waals surface area contributed by atoms with Crippen LogP contribution in [0.25, 0.3) is 0 Å². The van der Waals surface area contributed by atoms with Gasteiger partial charge in [-0.2, -0.15) is 0 Å². The third-order valence-corrected chi connectivity index (χ3v) is 2.24. The third-order valence-electron chi connectivity index (χ3n) is 2.24. The zero-order chi connectivity index (χ0) is 10.8. The van der Waals surface area contributed by atoms with E-state index in [2.05, 4.69) is 4.98 Å². The van der Waals surface area contributed by atoms with Crippen LogP contribution in [0.1, 0.15) is 19.5 Å². The van der Waals surface area contributed by atoms with Crippen molar-refractivity contribution in [2.24, 2.45) is 0 Å². The molecule has 4 nitrogen and oxygen atoms in total. The van der Waals surface area contributed by atoms with E-state index in [4.69, 9.17) is 5.11 Å². The van der Waals surface area contributed by atoms with E-state index in [1.807, 2.05) is 0 Å². The third kappa shape index (κ3) is 1.90. The number of aromatic nitrogens is 1. The van der Waals surface area contributed by atoms with Crippen molar-refractivity contribution in [1.29, 1.82) is 0 Å². The Bertz CT molecular complexity index is 321. The summed E-state index contributed by atoms with van der Waals surface area (Å²) in [5.41, 5.74) is -0.317. The van der Waals surface area contributed by atoms with Crippen molar-refractivity contribution in [3.8, 4) is 0 Å². The summed E-state index contributed by atoms with van der Waals surface area (Å²) in [6, 6.07) is 5.21. The molecule has 1 unspecified atom stereocenters. The molecular weight excluding hydrogens is 182 g/mol. The fraction of sp³-hybridized carbons (Fsp3) is 0.400. The van der Waals surface area contributed by atoms with Gasteiger partial charge < -0.3 is 10.2 Å². The number of hydrogen-bond acceptors (Lipinski definition) is 3. The lowest BCUT2D eigenvalue weighted by Gasteiger charge is -2.26. The van der Waals surface area contributed by atoms with Crippen molar-refractivity contribution in [3.05, 3.63) is 30.1 Å².